The minimum Gasteiger partial charge on any atom is -0.353 e. The van der Waals surface area contributed by atoms with Crippen molar-refractivity contribution in [1.82, 2.24) is 24.5 Å². The Kier molecular flexibility index (Phi) is 5.16. The Bertz CT molecular complexity index is 1190. The fourth-order valence-corrected chi connectivity index (χ4v) is 4.88. The summed E-state index contributed by atoms with van der Waals surface area (Å²) >= 11 is 1.40. The normalized spacial score (nSPS) is 14.7. The molecule has 2 aromatic heterocycles. The zero-order chi connectivity index (χ0) is 20.5. The second-order valence-electron chi connectivity index (χ2n) is 7.66. The maximum Gasteiger partial charge on any atom is 0.237 e. The lowest BCUT2D eigenvalue weighted by Crippen LogP contribution is -2.33. The number of benzene rings is 2. The van der Waals surface area contributed by atoms with Crippen LogP contribution in [-0.2, 0) is 11.3 Å². The standard InChI is InChI=1S/C22H22FN5OS/c23-16-11-9-15(10-12-16)13-27-18-7-3-4-8-19(18)28-21(27)25-26-22(28)30-14-20(29)24-17-5-1-2-6-17/h3-4,7-12,17H,1-2,5-6,13-14H2,(H,24,29). The van der Waals surface area contributed by atoms with Gasteiger partial charge in [-0.05, 0) is 42.7 Å². The highest BCUT2D eigenvalue weighted by atomic mass is 32.2. The smallest absolute Gasteiger partial charge is 0.237 e. The number of nitrogens with zero attached hydrogens (tertiary/aromatic N) is 4. The predicted octanol–water partition coefficient (Wildman–Crippen LogP) is 4.02. The Labute approximate surface area is 177 Å². The number of carbonyl (C=O) groups excluding carboxylic acids is 1. The van der Waals surface area contributed by atoms with Crippen LogP contribution >= 0.6 is 11.8 Å². The monoisotopic (exact) mass is 423 g/mol. The van der Waals surface area contributed by atoms with Gasteiger partial charge in [0, 0.05) is 6.04 Å². The maximum atomic E-state index is 13.3. The van der Waals surface area contributed by atoms with E-state index in [0.29, 0.717) is 29.3 Å². The van der Waals surface area contributed by atoms with Crippen molar-refractivity contribution in [2.75, 3.05) is 5.75 Å². The molecule has 0 spiro atoms. The number of fused-ring (bicyclic) bond motifs is 3. The summed E-state index contributed by atoms with van der Waals surface area (Å²) in [4.78, 5) is 12.3. The van der Waals surface area contributed by atoms with Gasteiger partial charge in [0.05, 0.1) is 23.3 Å². The first-order valence-corrected chi connectivity index (χ1v) is 11.2. The highest BCUT2D eigenvalue weighted by molar-refractivity contribution is 7.99. The lowest BCUT2D eigenvalue weighted by molar-refractivity contribution is -0.119. The van der Waals surface area contributed by atoms with E-state index in [0.717, 1.165) is 29.4 Å². The van der Waals surface area contributed by atoms with Gasteiger partial charge in [0.1, 0.15) is 5.82 Å². The van der Waals surface area contributed by atoms with E-state index in [1.165, 1.54) is 36.7 Å². The third-order valence-corrected chi connectivity index (χ3v) is 6.51. The molecule has 2 aromatic carbocycles. The van der Waals surface area contributed by atoms with Crippen LogP contribution in [0.5, 0.6) is 0 Å². The number of amides is 1. The fourth-order valence-electron chi connectivity index (χ4n) is 4.13. The van der Waals surface area contributed by atoms with E-state index < -0.39 is 0 Å². The van der Waals surface area contributed by atoms with Crippen LogP contribution in [-0.4, -0.2) is 36.9 Å². The molecule has 0 saturated heterocycles. The van der Waals surface area contributed by atoms with Gasteiger partial charge in [-0.15, -0.1) is 10.2 Å². The van der Waals surface area contributed by atoms with Gasteiger partial charge < -0.3 is 9.88 Å². The van der Waals surface area contributed by atoms with Crippen LogP contribution in [0.4, 0.5) is 4.39 Å². The summed E-state index contributed by atoms with van der Waals surface area (Å²) in [5.74, 6) is 0.811. The van der Waals surface area contributed by atoms with Crippen LogP contribution in [0.1, 0.15) is 31.2 Å². The first-order chi connectivity index (χ1) is 14.7. The zero-order valence-electron chi connectivity index (χ0n) is 16.4. The van der Waals surface area contributed by atoms with Gasteiger partial charge >= 0.3 is 0 Å². The molecule has 0 unspecified atom stereocenters. The van der Waals surface area contributed by atoms with Crippen LogP contribution in [0.25, 0.3) is 16.8 Å². The van der Waals surface area contributed by atoms with Crippen LogP contribution in [0.3, 0.4) is 0 Å². The molecule has 0 aliphatic heterocycles. The second kappa shape index (κ2) is 8.10. The van der Waals surface area contributed by atoms with E-state index in [2.05, 4.69) is 20.1 Å². The van der Waals surface area contributed by atoms with Crippen molar-refractivity contribution in [1.29, 1.82) is 0 Å². The molecule has 0 atom stereocenters. The minimum atomic E-state index is -0.252. The largest absolute Gasteiger partial charge is 0.353 e. The molecule has 30 heavy (non-hydrogen) atoms. The summed E-state index contributed by atoms with van der Waals surface area (Å²) in [6.07, 6.45) is 4.53. The molecule has 4 aromatic rings. The van der Waals surface area contributed by atoms with Gasteiger partial charge in [0.2, 0.25) is 11.7 Å². The number of hydrogen-bond acceptors (Lipinski definition) is 4. The molecule has 8 heteroatoms. The van der Waals surface area contributed by atoms with E-state index in [1.54, 1.807) is 12.1 Å². The Morgan fingerprint density at radius 1 is 1.07 bits per heavy atom. The highest BCUT2D eigenvalue weighted by Crippen LogP contribution is 2.27. The summed E-state index contributed by atoms with van der Waals surface area (Å²) < 4.78 is 17.3. The lowest BCUT2D eigenvalue weighted by atomic mass is 10.2. The van der Waals surface area contributed by atoms with E-state index >= 15 is 0 Å². The average Bonchev–Trinajstić information content (AvgIpc) is 3.47. The summed E-state index contributed by atoms with van der Waals surface area (Å²) in [5, 5.41) is 12.6. The van der Waals surface area contributed by atoms with Gasteiger partial charge in [-0.2, -0.15) is 0 Å². The number of halogens is 1. The summed E-state index contributed by atoms with van der Waals surface area (Å²) in [6, 6.07) is 14.8. The van der Waals surface area contributed by atoms with Crippen molar-refractivity contribution in [2.24, 2.45) is 0 Å². The maximum absolute atomic E-state index is 13.3. The summed E-state index contributed by atoms with van der Waals surface area (Å²) in [5.41, 5.74) is 2.98. The fraction of sp³-hybridized carbons (Fsp3) is 0.318. The van der Waals surface area contributed by atoms with Crippen molar-refractivity contribution in [3.63, 3.8) is 0 Å². The first kappa shape index (κ1) is 19.1. The van der Waals surface area contributed by atoms with Crippen molar-refractivity contribution in [3.05, 3.63) is 59.9 Å². The number of para-hydroxylation sites is 2. The lowest BCUT2D eigenvalue weighted by Gasteiger charge is -2.10. The van der Waals surface area contributed by atoms with Gasteiger partial charge in [0.15, 0.2) is 5.16 Å². The molecule has 154 valence electrons. The third-order valence-electron chi connectivity index (χ3n) is 5.58. The van der Waals surface area contributed by atoms with E-state index in [-0.39, 0.29) is 11.7 Å². The number of thioether (sulfide) groups is 1. The molecule has 1 amide bonds. The predicted molar refractivity (Wildman–Crippen MR) is 115 cm³/mol. The number of hydrogen-bond donors (Lipinski definition) is 1. The molecule has 1 aliphatic rings. The SMILES string of the molecule is O=C(CSc1nnc2n(Cc3ccc(F)cc3)c3ccccc3n12)NC1CCCC1. The van der Waals surface area contributed by atoms with E-state index in [1.807, 2.05) is 28.7 Å². The molecule has 2 heterocycles. The minimum absolute atomic E-state index is 0.0405. The number of carbonyl (C=O) groups is 1. The molecule has 6 nitrogen and oxygen atoms in total. The number of imidazole rings is 1. The highest BCUT2D eigenvalue weighted by Gasteiger charge is 2.20. The Morgan fingerprint density at radius 2 is 1.80 bits per heavy atom. The molecular weight excluding hydrogens is 401 g/mol. The number of aromatic nitrogens is 4. The summed E-state index contributed by atoms with van der Waals surface area (Å²) in [6.45, 7) is 0.558. The zero-order valence-corrected chi connectivity index (χ0v) is 17.2. The molecule has 1 N–H and O–H groups in total. The summed E-state index contributed by atoms with van der Waals surface area (Å²) in [7, 11) is 0. The van der Waals surface area contributed by atoms with Gasteiger partial charge in [-0.3, -0.25) is 9.20 Å². The second-order valence-corrected chi connectivity index (χ2v) is 8.60. The molecule has 1 aliphatic carbocycles. The topological polar surface area (TPSA) is 64.2 Å². The third kappa shape index (κ3) is 3.67. The van der Waals surface area contributed by atoms with Gasteiger partial charge in [-0.1, -0.05) is 48.9 Å². The Balaban J connectivity index is 1.43. The molecule has 0 radical (unpaired) electrons. The van der Waals surface area contributed by atoms with Crippen molar-refractivity contribution >= 4 is 34.5 Å². The van der Waals surface area contributed by atoms with Gasteiger partial charge in [-0.25, -0.2) is 4.39 Å². The van der Waals surface area contributed by atoms with E-state index in [4.69, 9.17) is 0 Å². The molecule has 1 saturated carbocycles. The first-order valence-electron chi connectivity index (χ1n) is 10.2. The average molecular weight is 424 g/mol. The number of rotatable bonds is 6. The van der Waals surface area contributed by atoms with Gasteiger partial charge in [0.25, 0.3) is 0 Å². The van der Waals surface area contributed by atoms with Crippen LogP contribution in [0.2, 0.25) is 0 Å². The number of nitrogens with one attached hydrogen (secondary N) is 1. The van der Waals surface area contributed by atoms with Crippen molar-refractivity contribution in [2.45, 2.75) is 43.4 Å². The Hall–Kier alpha value is -2.87. The molecule has 5 rings (SSSR count). The quantitative estimate of drug-likeness (QED) is 0.476. The molecule has 1 fully saturated rings. The van der Waals surface area contributed by atoms with Crippen LogP contribution in [0, 0.1) is 5.82 Å². The van der Waals surface area contributed by atoms with Crippen molar-refractivity contribution < 1.29 is 9.18 Å². The molecule has 0 bridgehead atoms. The van der Waals surface area contributed by atoms with E-state index in [9.17, 15) is 9.18 Å². The Morgan fingerprint density at radius 3 is 2.57 bits per heavy atom. The van der Waals surface area contributed by atoms with Crippen molar-refractivity contribution in [3.8, 4) is 0 Å². The van der Waals surface area contributed by atoms with Crippen LogP contribution in [0.15, 0.2) is 53.7 Å². The molecular formula is C22H22FN5OS. The van der Waals surface area contributed by atoms with Crippen LogP contribution < -0.4 is 5.32 Å².